The number of ether oxygens (including phenoxy) is 3. The Bertz CT molecular complexity index is 785. The molecule has 0 unspecified atom stereocenters. The molecule has 134 valence electrons. The summed E-state index contributed by atoms with van der Waals surface area (Å²) < 4.78 is 16.7. The molecule has 1 aromatic carbocycles. The van der Waals surface area contributed by atoms with Crippen LogP contribution in [0.15, 0.2) is 41.3 Å². The van der Waals surface area contributed by atoms with Gasteiger partial charge < -0.3 is 24.1 Å². The van der Waals surface area contributed by atoms with Crippen LogP contribution < -0.4 is 25.1 Å². The Kier molecular flexibility index (Phi) is 6.45. The summed E-state index contributed by atoms with van der Waals surface area (Å²) in [5.41, 5.74) is 0.677. The Balaban J connectivity index is 1.90. The molecule has 2 aromatic rings. The molecular weight excluding hydrogens is 324 g/mol. The number of benzene rings is 1. The lowest BCUT2D eigenvalue weighted by molar-refractivity contribution is -0.121. The van der Waals surface area contributed by atoms with E-state index in [2.05, 4.69) is 5.32 Å². The van der Waals surface area contributed by atoms with Gasteiger partial charge in [0.15, 0.2) is 17.2 Å². The van der Waals surface area contributed by atoms with Gasteiger partial charge in [-0.2, -0.15) is 0 Å². The third kappa shape index (κ3) is 4.76. The number of nitrogens with zero attached hydrogens (tertiary/aromatic N) is 1. The minimum Gasteiger partial charge on any atom is -0.493 e. The van der Waals surface area contributed by atoms with E-state index in [-0.39, 0.29) is 23.8 Å². The van der Waals surface area contributed by atoms with Crippen molar-refractivity contribution in [2.75, 3.05) is 27.9 Å². The van der Waals surface area contributed by atoms with E-state index < -0.39 is 0 Å². The van der Waals surface area contributed by atoms with E-state index in [1.54, 1.807) is 32.5 Å². The third-order valence-electron chi connectivity index (χ3n) is 3.70. The van der Waals surface area contributed by atoms with Crippen molar-refractivity contribution in [2.24, 2.45) is 0 Å². The highest BCUT2D eigenvalue weighted by molar-refractivity contribution is 5.75. The SMILES string of the molecule is COc1ccc(CCNC(=O)Cn2cccc(OC)c2=O)cc1OC. The van der Waals surface area contributed by atoms with Crippen molar-refractivity contribution in [1.82, 2.24) is 9.88 Å². The molecule has 25 heavy (non-hydrogen) atoms. The Labute approximate surface area is 146 Å². The number of aromatic nitrogens is 1. The fourth-order valence-electron chi connectivity index (χ4n) is 2.39. The van der Waals surface area contributed by atoms with Gasteiger partial charge in [0.2, 0.25) is 5.91 Å². The highest BCUT2D eigenvalue weighted by atomic mass is 16.5. The van der Waals surface area contributed by atoms with Crippen LogP contribution in [-0.4, -0.2) is 38.3 Å². The topological polar surface area (TPSA) is 78.8 Å². The van der Waals surface area contributed by atoms with E-state index in [4.69, 9.17) is 14.2 Å². The maximum atomic E-state index is 12.0. The summed E-state index contributed by atoms with van der Waals surface area (Å²) in [6, 6.07) is 8.84. The molecule has 1 aromatic heterocycles. The lowest BCUT2D eigenvalue weighted by atomic mass is 10.1. The van der Waals surface area contributed by atoms with Crippen LogP contribution >= 0.6 is 0 Å². The van der Waals surface area contributed by atoms with Gasteiger partial charge in [0.25, 0.3) is 5.56 Å². The zero-order chi connectivity index (χ0) is 18.2. The van der Waals surface area contributed by atoms with Gasteiger partial charge in [-0.3, -0.25) is 9.59 Å². The van der Waals surface area contributed by atoms with E-state index in [0.29, 0.717) is 24.5 Å². The minimum atomic E-state index is -0.333. The Hall–Kier alpha value is -2.96. The number of methoxy groups -OCH3 is 3. The maximum Gasteiger partial charge on any atom is 0.293 e. The number of hydrogen-bond donors (Lipinski definition) is 1. The highest BCUT2D eigenvalue weighted by Crippen LogP contribution is 2.27. The second-order valence-corrected chi connectivity index (χ2v) is 5.30. The van der Waals surface area contributed by atoms with Crippen LogP contribution in [0.5, 0.6) is 17.2 Å². The van der Waals surface area contributed by atoms with Gasteiger partial charge in [-0.1, -0.05) is 6.07 Å². The number of carbonyl (C=O) groups is 1. The quantitative estimate of drug-likeness (QED) is 0.778. The molecule has 1 N–H and O–H groups in total. The molecule has 0 saturated heterocycles. The average molecular weight is 346 g/mol. The van der Waals surface area contributed by atoms with Crippen LogP contribution in [0.2, 0.25) is 0 Å². The van der Waals surface area contributed by atoms with E-state index >= 15 is 0 Å². The average Bonchev–Trinajstić information content (AvgIpc) is 2.63. The summed E-state index contributed by atoms with van der Waals surface area (Å²) in [5, 5.41) is 2.80. The fourth-order valence-corrected chi connectivity index (χ4v) is 2.39. The standard InChI is InChI=1S/C18H22N2O5/c1-23-14-7-6-13(11-16(14)25-3)8-9-19-17(21)12-20-10-4-5-15(24-2)18(20)22/h4-7,10-11H,8-9,12H2,1-3H3,(H,19,21). The molecule has 0 aliphatic carbocycles. The van der Waals surface area contributed by atoms with Crippen molar-refractivity contribution in [3.63, 3.8) is 0 Å². The number of amides is 1. The van der Waals surface area contributed by atoms with E-state index in [1.807, 2.05) is 18.2 Å². The van der Waals surface area contributed by atoms with Gasteiger partial charge in [0.1, 0.15) is 6.54 Å². The van der Waals surface area contributed by atoms with E-state index in [9.17, 15) is 9.59 Å². The summed E-state index contributed by atoms with van der Waals surface area (Å²) >= 11 is 0. The van der Waals surface area contributed by atoms with Crippen molar-refractivity contribution in [1.29, 1.82) is 0 Å². The maximum absolute atomic E-state index is 12.0. The van der Waals surface area contributed by atoms with Gasteiger partial charge in [-0.15, -0.1) is 0 Å². The normalized spacial score (nSPS) is 10.2. The van der Waals surface area contributed by atoms with Crippen molar-refractivity contribution >= 4 is 5.91 Å². The number of carbonyl (C=O) groups excluding carboxylic acids is 1. The van der Waals surface area contributed by atoms with Crippen LogP contribution in [0.25, 0.3) is 0 Å². The smallest absolute Gasteiger partial charge is 0.293 e. The van der Waals surface area contributed by atoms with E-state index in [1.165, 1.54) is 11.7 Å². The summed E-state index contributed by atoms with van der Waals surface area (Å²) in [4.78, 5) is 24.0. The van der Waals surface area contributed by atoms with Gasteiger partial charge in [0, 0.05) is 12.7 Å². The summed E-state index contributed by atoms with van der Waals surface area (Å²) in [5.74, 6) is 1.28. The Morgan fingerprint density at radius 2 is 1.76 bits per heavy atom. The monoisotopic (exact) mass is 346 g/mol. The van der Waals surface area contributed by atoms with Gasteiger partial charge in [-0.25, -0.2) is 0 Å². The number of pyridine rings is 1. The van der Waals surface area contributed by atoms with Crippen LogP contribution in [-0.2, 0) is 17.8 Å². The predicted octanol–water partition coefficient (Wildman–Crippen LogP) is 1.23. The third-order valence-corrected chi connectivity index (χ3v) is 3.70. The molecule has 1 amide bonds. The molecule has 2 rings (SSSR count). The van der Waals surface area contributed by atoms with Crippen LogP contribution in [0, 0.1) is 0 Å². The first-order valence-electron chi connectivity index (χ1n) is 7.80. The largest absolute Gasteiger partial charge is 0.493 e. The first-order chi connectivity index (χ1) is 12.1. The first kappa shape index (κ1) is 18.4. The second-order valence-electron chi connectivity index (χ2n) is 5.30. The molecule has 0 bridgehead atoms. The fraction of sp³-hybridized carbons (Fsp3) is 0.333. The van der Waals surface area contributed by atoms with Crippen LogP contribution in [0.3, 0.4) is 0 Å². The van der Waals surface area contributed by atoms with Gasteiger partial charge >= 0.3 is 0 Å². The minimum absolute atomic E-state index is 0.0536. The zero-order valence-electron chi connectivity index (χ0n) is 14.6. The van der Waals surface area contributed by atoms with Crippen molar-refractivity contribution in [3.05, 3.63) is 52.4 Å². The zero-order valence-corrected chi connectivity index (χ0v) is 14.6. The summed E-state index contributed by atoms with van der Waals surface area (Å²) in [6.07, 6.45) is 2.19. The molecule has 0 aliphatic heterocycles. The summed E-state index contributed by atoms with van der Waals surface area (Å²) in [7, 11) is 4.58. The first-order valence-corrected chi connectivity index (χ1v) is 7.80. The number of rotatable bonds is 8. The van der Waals surface area contributed by atoms with Gasteiger partial charge in [-0.05, 0) is 36.2 Å². The Morgan fingerprint density at radius 1 is 1.04 bits per heavy atom. The van der Waals surface area contributed by atoms with Crippen molar-refractivity contribution < 1.29 is 19.0 Å². The van der Waals surface area contributed by atoms with Crippen molar-refractivity contribution in [2.45, 2.75) is 13.0 Å². The van der Waals surface area contributed by atoms with Gasteiger partial charge in [0.05, 0.1) is 21.3 Å². The second kappa shape index (κ2) is 8.77. The molecule has 0 aliphatic rings. The van der Waals surface area contributed by atoms with E-state index in [0.717, 1.165) is 5.56 Å². The molecule has 0 spiro atoms. The molecule has 0 saturated carbocycles. The lowest BCUT2D eigenvalue weighted by Gasteiger charge is -2.11. The molecule has 7 nitrogen and oxygen atoms in total. The van der Waals surface area contributed by atoms with Crippen molar-refractivity contribution in [3.8, 4) is 17.2 Å². The molecule has 7 heteroatoms. The number of hydrogen-bond acceptors (Lipinski definition) is 5. The molecule has 0 radical (unpaired) electrons. The Morgan fingerprint density at radius 3 is 2.44 bits per heavy atom. The number of nitrogens with one attached hydrogen (secondary N) is 1. The molecular formula is C18H22N2O5. The van der Waals surface area contributed by atoms with Crippen LogP contribution in [0.1, 0.15) is 5.56 Å². The summed E-state index contributed by atoms with van der Waals surface area (Å²) in [6.45, 7) is 0.398. The predicted molar refractivity (Wildman–Crippen MR) is 93.5 cm³/mol. The molecule has 1 heterocycles. The lowest BCUT2D eigenvalue weighted by Crippen LogP contribution is -2.33. The molecule has 0 fully saturated rings. The highest BCUT2D eigenvalue weighted by Gasteiger charge is 2.08. The van der Waals surface area contributed by atoms with Crippen LogP contribution in [0.4, 0.5) is 0 Å². The molecule has 0 atom stereocenters.